The molecule has 1 saturated carbocycles. The molecule has 29 heavy (non-hydrogen) atoms. The van der Waals surface area contributed by atoms with Gasteiger partial charge in [-0.15, -0.1) is 0 Å². The monoisotopic (exact) mass is 397 g/mol. The number of hydrogen-bond acceptors (Lipinski definition) is 4. The summed E-state index contributed by atoms with van der Waals surface area (Å²) in [6.07, 6.45) is 2.57. The Balaban J connectivity index is 1.24. The predicted molar refractivity (Wildman–Crippen MR) is 114 cm³/mol. The Morgan fingerprint density at radius 3 is 2.28 bits per heavy atom. The highest BCUT2D eigenvalue weighted by Crippen LogP contribution is 2.60. The molecule has 3 fully saturated rings. The molecule has 2 heterocycles. The second-order valence-corrected chi connectivity index (χ2v) is 9.90. The van der Waals surface area contributed by atoms with Crippen LogP contribution in [-0.4, -0.2) is 65.8 Å². The number of benzene rings is 1. The number of fused-ring (bicyclic) bond motifs is 2. The topological polar surface area (TPSA) is 43.9 Å². The van der Waals surface area contributed by atoms with E-state index < -0.39 is 0 Å². The van der Waals surface area contributed by atoms with Crippen molar-refractivity contribution in [2.75, 3.05) is 39.3 Å². The molecule has 1 aromatic carbocycles. The average molecular weight is 398 g/mol. The number of carbonyl (C=O) groups excluding carboxylic acids is 2. The normalized spacial score (nSPS) is 30.2. The molecule has 2 aliphatic heterocycles. The quantitative estimate of drug-likeness (QED) is 0.692. The Morgan fingerprint density at radius 2 is 1.59 bits per heavy atom. The Kier molecular flexibility index (Phi) is 5.56. The molecule has 4 rings (SSSR count). The zero-order chi connectivity index (χ0) is 20.6. The Labute approximate surface area is 175 Å². The van der Waals surface area contributed by atoms with Crippen molar-refractivity contribution in [1.82, 2.24) is 14.7 Å². The average Bonchev–Trinajstić information content (AvgIpc) is 2.90. The Morgan fingerprint density at radius 1 is 0.931 bits per heavy atom. The van der Waals surface area contributed by atoms with E-state index in [-0.39, 0.29) is 28.6 Å². The van der Waals surface area contributed by atoms with E-state index in [0.717, 1.165) is 58.5 Å². The summed E-state index contributed by atoms with van der Waals surface area (Å²) >= 11 is 0. The van der Waals surface area contributed by atoms with Crippen LogP contribution in [0.3, 0.4) is 0 Å². The molecule has 3 aliphatic rings. The molecular formula is C24H35N3O2. The molecule has 0 N–H and O–H groups in total. The summed E-state index contributed by atoms with van der Waals surface area (Å²) in [6.45, 7) is 13.1. The van der Waals surface area contributed by atoms with Crippen LogP contribution < -0.4 is 0 Å². The fourth-order valence-corrected chi connectivity index (χ4v) is 5.58. The van der Waals surface area contributed by atoms with Crippen molar-refractivity contribution in [2.24, 2.45) is 16.7 Å². The molecule has 0 radical (unpaired) electrons. The van der Waals surface area contributed by atoms with E-state index in [4.69, 9.17) is 0 Å². The van der Waals surface area contributed by atoms with E-state index in [9.17, 15) is 9.59 Å². The maximum absolute atomic E-state index is 13.1. The molecule has 158 valence electrons. The molecule has 0 aromatic heterocycles. The van der Waals surface area contributed by atoms with E-state index in [1.807, 2.05) is 0 Å². The number of piperidine rings is 1. The van der Waals surface area contributed by atoms with Crippen molar-refractivity contribution in [3.05, 3.63) is 35.9 Å². The number of likely N-dealkylation sites (tertiary alicyclic amines) is 1. The zero-order valence-electron chi connectivity index (χ0n) is 18.2. The van der Waals surface area contributed by atoms with Crippen LogP contribution in [0.15, 0.2) is 30.3 Å². The van der Waals surface area contributed by atoms with Crippen LogP contribution in [0.25, 0.3) is 0 Å². The van der Waals surface area contributed by atoms with Gasteiger partial charge in [-0.2, -0.15) is 0 Å². The minimum Gasteiger partial charge on any atom is -0.301 e. The molecule has 1 aliphatic carbocycles. The van der Waals surface area contributed by atoms with Gasteiger partial charge in [-0.25, -0.2) is 0 Å². The summed E-state index contributed by atoms with van der Waals surface area (Å²) < 4.78 is 0. The summed E-state index contributed by atoms with van der Waals surface area (Å²) in [5.41, 5.74) is 0.774. The smallest absolute Gasteiger partial charge is 0.235 e. The van der Waals surface area contributed by atoms with Crippen LogP contribution in [0.2, 0.25) is 0 Å². The molecule has 2 atom stereocenters. The Bertz CT molecular complexity index is 755. The van der Waals surface area contributed by atoms with E-state index in [2.05, 4.69) is 60.9 Å². The SMILES string of the molecule is CC1(C)[C@@H]2CC[C@]1(C)C(=O)N(CCCN1CCN(Cc3ccccc3)CC1)C2=O. The minimum absolute atomic E-state index is 0.00623. The molecule has 0 spiro atoms. The first-order valence-corrected chi connectivity index (χ1v) is 11.2. The van der Waals surface area contributed by atoms with Crippen molar-refractivity contribution < 1.29 is 9.59 Å². The summed E-state index contributed by atoms with van der Waals surface area (Å²) in [6, 6.07) is 10.6. The second-order valence-electron chi connectivity index (χ2n) is 9.90. The first-order valence-electron chi connectivity index (χ1n) is 11.2. The number of carbonyl (C=O) groups is 2. The second kappa shape index (κ2) is 7.84. The van der Waals surface area contributed by atoms with Crippen molar-refractivity contribution in [3.63, 3.8) is 0 Å². The van der Waals surface area contributed by atoms with Crippen LogP contribution in [-0.2, 0) is 16.1 Å². The highest BCUT2D eigenvalue weighted by atomic mass is 16.2. The fourth-order valence-electron chi connectivity index (χ4n) is 5.58. The van der Waals surface area contributed by atoms with Gasteiger partial charge in [0.1, 0.15) is 0 Å². The lowest BCUT2D eigenvalue weighted by Crippen LogP contribution is -2.59. The maximum Gasteiger partial charge on any atom is 0.235 e. The van der Waals surface area contributed by atoms with Crippen LogP contribution in [0.4, 0.5) is 0 Å². The summed E-state index contributed by atoms with van der Waals surface area (Å²) in [5.74, 6) is 0.142. The van der Waals surface area contributed by atoms with Crippen molar-refractivity contribution in [2.45, 2.75) is 46.6 Å². The predicted octanol–water partition coefficient (Wildman–Crippen LogP) is 3.01. The number of nitrogens with zero attached hydrogens (tertiary/aromatic N) is 3. The van der Waals surface area contributed by atoms with Crippen molar-refractivity contribution in [1.29, 1.82) is 0 Å². The molecule has 5 heteroatoms. The lowest BCUT2D eigenvalue weighted by Gasteiger charge is -2.47. The van der Waals surface area contributed by atoms with Gasteiger partial charge in [-0.1, -0.05) is 51.1 Å². The van der Waals surface area contributed by atoms with Crippen molar-refractivity contribution >= 4 is 11.8 Å². The number of hydrogen-bond donors (Lipinski definition) is 0. The van der Waals surface area contributed by atoms with Gasteiger partial charge in [-0.3, -0.25) is 19.4 Å². The van der Waals surface area contributed by atoms with Gasteiger partial charge in [0.05, 0.1) is 5.41 Å². The lowest BCUT2D eigenvalue weighted by atomic mass is 9.62. The Hall–Kier alpha value is -1.72. The highest BCUT2D eigenvalue weighted by molar-refractivity contribution is 6.03. The standard InChI is InChI=1S/C24H35N3O2/c1-23(2)20-10-11-24(23,3)22(29)27(21(20)28)13-7-12-25-14-16-26(17-15-25)18-19-8-5-4-6-9-19/h4-6,8-9,20H,7,10-18H2,1-3H3/t20-,24-/m1/s1. The molecule has 2 saturated heterocycles. The van der Waals surface area contributed by atoms with Gasteiger partial charge in [0, 0.05) is 45.2 Å². The van der Waals surface area contributed by atoms with Gasteiger partial charge < -0.3 is 4.90 Å². The molecule has 1 aromatic rings. The summed E-state index contributed by atoms with van der Waals surface area (Å²) in [5, 5.41) is 0. The molecule has 2 bridgehead atoms. The third-order valence-electron chi connectivity index (χ3n) is 8.08. The first kappa shape index (κ1) is 20.5. The summed E-state index contributed by atoms with van der Waals surface area (Å²) in [4.78, 5) is 32.6. The number of piperazine rings is 1. The van der Waals surface area contributed by atoms with Crippen molar-refractivity contribution in [3.8, 4) is 0 Å². The van der Waals surface area contributed by atoms with Gasteiger partial charge in [0.2, 0.25) is 11.8 Å². The molecule has 0 unspecified atom stereocenters. The third kappa shape index (κ3) is 3.64. The molecular weight excluding hydrogens is 362 g/mol. The maximum atomic E-state index is 13.1. The van der Waals surface area contributed by atoms with Crippen LogP contribution >= 0.6 is 0 Å². The van der Waals surface area contributed by atoms with Gasteiger partial charge >= 0.3 is 0 Å². The fraction of sp³-hybridized carbons (Fsp3) is 0.667. The number of rotatable bonds is 6. The van der Waals surface area contributed by atoms with E-state index in [1.165, 1.54) is 5.56 Å². The minimum atomic E-state index is -0.380. The van der Waals surface area contributed by atoms with Crippen LogP contribution in [0, 0.1) is 16.7 Å². The molecule has 5 nitrogen and oxygen atoms in total. The van der Waals surface area contributed by atoms with E-state index >= 15 is 0 Å². The number of imide groups is 1. The van der Waals surface area contributed by atoms with Gasteiger partial charge in [0.15, 0.2) is 0 Å². The van der Waals surface area contributed by atoms with E-state index in [1.54, 1.807) is 4.90 Å². The number of amides is 2. The largest absolute Gasteiger partial charge is 0.301 e. The van der Waals surface area contributed by atoms with Crippen LogP contribution in [0.5, 0.6) is 0 Å². The van der Waals surface area contributed by atoms with E-state index in [0.29, 0.717) is 6.54 Å². The van der Waals surface area contributed by atoms with Gasteiger partial charge in [0.25, 0.3) is 0 Å². The zero-order valence-corrected chi connectivity index (χ0v) is 18.2. The molecule has 2 amide bonds. The van der Waals surface area contributed by atoms with Crippen LogP contribution in [0.1, 0.15) is 45.6 Å². The first-order chi connectivity index (χ1) is 13.8. The summed E-state index contributed by atoms with van der Waals surface area (Å²) in [7, 11) is 0. The highest BCUT2D eigenvalue weighted by Gasteiger charge is 2.64. The third-order valence-corrected chi connectivity index (χ3v) is 8.08. The lowest BCUT2D eigenvalue weighted by molar-refractivity contribution is -0.167. The van der Waals surface area contributed by atoms with Gasteiger partial charge in [-0.05, 0) is 36.8 Å².